The van der Waals surface area contributed by atoms with E-state index in [4.69, 9.17) is 0 Å². The SMILES string of the molecule is Cc1ccccc1-c1csc([C@H](C)N[S+]([O-])C(C)(C)C)c1. The summed E-state index contributed by atoms with van der Waals surface area (Å²) in [5, 5.41) is 2.18. The van der Waals surface area contributed by atoms with Gasteiger partial charge in [-0.1, -0.05) is 24.3 Å². The third-order valence-corrected chi connectivity index (χ3v) is 6.14. The fraction of sp³-hybridized carbons (Fsp3) is 0.412. The lowest BCUT2D eigenvalue weighted by molar-refractivity contribution is 0.532. The van der Waals surface area contributed by atoms with E-state index in [0.717, 1.165) is 0 Å². The van der Waals surface area contributed by atoms with Crippen molar-refractivity contribution in [1.82, 2.24) is 4.72 Å². The molecule has 0 fully saturated rings. The van der Waals surface area contributed by atoms with Gasteiger partial charge in [0.15, 0.2) is 0 Å². The van der Waals surface area contributed by atoms with E-state index in [9.17, 15) is 4.55 Å². The number of thiophene rings is 1. The maximum atomic E-state index is 12.2. The highest BCUT2D eigenvalue weighted by atomic mass is 32.2. The van der Waals surface area contributed by atoms with Crippen LogP contribution >= 0.6 is 11.3 Å². The van der Waals surface area contributed by atoms with E-state index in [1.54, 1.807) is 11.3 Å². The molecule has 0 aliphatic heterocycles. The third kappa shape index (κ3) is 4.10. The minimum absolute atomic E-state index is 0.0906. The second-order valence-electron chi connectivity index (χ2n) is 6.27. The lowest BCUT2D eigenvalue weighted by Gasteiger charge is -2.26. The molecule has 1 heterocycles. The molecule has 4 heteroatoms. The summed E-state index contributed by atoms with van der Waals surface area (Å²) >= 11 is 0.666. The van der Waals surface area contributed by atoms with Crippen LogP contribution in [0, 0.1) is 6.92 Å². The van der Waals surface area contributed by atoms with Crippen molar-refractivity contribution in [3.8, 4) is 11.1 Å². The van der Waals surface area contributed by atoms with Gasteiger partial charge in [0.1, 0.15) is 4.75 Å². The van der Waals surface area contributed by atoms with Crippen molar-refractivity contribution in [3.63, 3.8) is 0 Å². The largest absolute Gasteiger partial charge is 0.598 e. The lowest BCUT2D eigenvalue weighted by atomic mass is 10.0. The summed E-state index contributed by atoms with van der Waals surface area (Å²) in [5.41, 5.74) is 3.79. The zero-order valence-corrected chi connectivity index (χ0v) is 14.9. The fourth-order valence-corrected chi connectivity index (χ4v) is 3.81. The standard InChI is InChI=1S/C17H23NOS2/c1-12-8-6-7-9-15(12)14-10-16(20-11-14)13(2)18-21(19)17(3,4)5/h6-11,13,18H,1-5H3/t13-,21?/m0/s1. The van der Waals surface area contributed by atoms with Crippen LogP contribution in [0.1, 0.15) is 44.2 Å². The molecule has 0 saturated carbocycles. The molecule has 0 radical (unpaired) electrons. The molecule has 21 heavy (non-hydrogen) atoms. The van der Waals surface area contributed by atoms with Crippen LogP contribution < -0.4 is 4.72 Å². The lowest BCUT2D eigenvalue weighted by Crippen LogP contribution is -2.40. The molecule has 0 amide bonds. The Balaban J connectivity index is 2.15. The number of nitrogens with one attached hydrogen (secondary N) is 1. The van der Waals surface area contributed by atoms with Gasteiger partial charge in [0.05, 0.1) is 6.04 Å². The molecule has 0 spiro atoms. The van der Waals surface area contributed by atoms with Gasteiger partial charge in [-0.15, -0.1) is 16.1 Å². The molecular weight excluding hydrogens is 298 g/mol. The second-order valence-corrected chi connectivity index (χ2v) is 9.21. The average Bonchev–Trinajstić information content (AvgIpc) is 2.87. The zero-order chi connectivity index (χ0) is 15.6. The van der Waals surface area contributed by atoms with Gasteiger partial charge >= 0.3 is 0 Å². The van der Waals surface area contributed by atoms with Crippen LogP contribution in [0.15, 0.2) is 35.7 Å². The summed E-state index contributed by atoms with van der Waals surface area (Å²) < 4.78 is 15.1. The quantitative estimate of drug-likeness (QED) is 0.818. The second kappa shape index (κ2) is 6.53. The monoisotopic (exact) mass is 321 g/mol. The predicted octanol–water partition coefficient (Wildman–Crippen LogP) is 4.84. The topological polar surface area (TPSA) is 35.1 Å². The van der Waals surface area contributed by atoms with E-state index in [1.807, 2.05) is 20.8 Å². The van der Waals surface area contributed by atoms with Crippen molar-refractivity contribution in [2.24, 2.45) is 0 Å². The molecular formula is C17H23NOS2. The summed E-state index contributed by atoms with van der Waals surface area (Å²) in [4.78, 5) is 1.21. The van der Waals surface area contributed by atoms with E-state index in [-0.39, 0.29) is 10.8 Å². The normalized spacial score (nSPS) is 15.0. The first-order chi connectivity index (χ1) is 9.79. The first kappa shape index (κ1) is 16.6. The van der Waals surface area contributed by atoms with Gasteiger partial charge in [-0.05, 0) is 62.8 Å². The summed E-state index contributed by atoms with van der Waals surface area (Å²) in [6, 6.07) is 10.7. The van der Waals surface area contributed by atoms with Gasteiger partial charge in [-0.2, -0.15) is 0 Å². The highest BCUT2D eigenvalue weighted by Gasteiger charge is 2.28. The highest BCUT2D eigenvalue weighted by molar-refractivity contribution is 7.90. The van der Waals surface area contributed by atoms with Gasteiger partial charge in [0.2, 0.25) is 0 Å². The Morgan fingerprint density at radius 3 is 2.52 bits per heavy atom. The van der Waals surface area contributed by atoms with Gasteiger partial charge in [0, 0.05) is 16.2 Å². The zero-order valence-electron chi connectivity index (χ0n) is 13.3. The van der Waals surface area contributed by atoms with Crippen LogP contribution in [-0.4, -0.2) is 9.30 Å². The first-order valence-corrected chi connectivity index (χ1v) is 9.14. The Labute approximate surface area is 134 Å². The first-order valence-electron chi connectivity index (χ1n) is 7.11. The Hall–Kier alpha value is -0.810. The van der Waals surface area contributed by atoms with Gasteiger partial charge < -0.3 is 4.55 Å². The molecule has 2 rings (SSSR count). The van der Waals surface area contributed by atoms with Crippen LogP contribution in [0.25, 0.3) is 11.1 Å². The summed E-state index contributed by atoms with van der Waals surface area (Å²) in [5.74, 6) is 0. The maximum Gasteiger partial charge on any atom is 0.136 e. The number of hydrogen-bond donors (Lipinski definition) is 1. The number of aryl methyl sites for hydroxylation is 1. The van der Waals surface area contributed by atoms with Crippen LogP contribution in [0.5, 0.6) is 0 Å². The molecule has 0 saturated heterocycles. The molecule has 2 nitrogen and oxygen atoms in total. The summed E-state index contributed by atoms with van der Waals surface area (Å²) in [7, 11) is 0. The van der Waals surface area contributed by atoms with Crippen LogP contribution in [0.3, 0.4) is 0 Å². The molecule has 1 N–H and O–H groups in total. The average molecular weight is 322 g/mol. The van der Waals surface area contributed by atoms with Gasteiger partial charge in [0.25, 0.3) is 0 Å². The molecule has 2 aromatic rings. The fourth-order valence-electron chi connectivity index (χ4n) is 2.01. The van der Waals surface area contributed by atoms with Crippen molar-refractivity contribution in [2.45, 2.75) is 45.4 Å². The Kier molecular flexibility index (Phi) is 5.15. The van der Waals surface area contributed by atoms with E-state index >= 15 is 0 Å². The number of rotatable bonds is 4. The van der Waals surface area contributed by atoms with Crippen molar-refractivity contribution in [2.75, 3.05) is 0 Å². The highest BCUT2D eigenvalue weighted by Crippen LogP contribution is 2.31. The summed E-state index contributed by atoms with van der Waals surface area (Å²) in [6.45, 7) is 10.1. The summed E-state index contributed by atoms with van der Waals surface area (Å²) in [6.07, 6.45) is 0. The maximum absolute atomic E-state index is 12.2. The van der Waals surface area contributed by atoms with Crippen molar-refractivity contribution in [1.29, 1.82) is 0 Å². The third-order valence-electron chi connectivity index (χ3n) is 3.34. The van der Waals surface area contributed by atoms with Crippen molar-refractivity contribution < 1.29 is 4.55 Å². The molecule has 114 valence electrons. The Bertz CT molecular complexity index is 601. The molecule has 0 aliphatic rings. The van der Waals surface area contributed by atoms with Crippen LogP contribution in [0.4, 0.5) is 0 Å². The molecule has 1 aromatic heterocycles. The smallest absolute Gasteiger partial charge is 0.136 e. The van der Waals surface area contributed by atoms with Crippen molar-refractivity contribution in [3.05, 3.63) is 46.2 Å². The molecule has 0 bridgehead atoms. The molecule has 1 aromatic carbocycles. The van der Waals surface area contributed by atoms with Gasteiger partial charge in [-0.25, -0.2) is 0 Å². The van der Waals surface area contributed by atoms with E-state index in [2.05, 4.69) is 54.3 Å². The minimum Gasteiger partial charge on any atom is -0.598 e. The van der Waals surface area contributed by atoms with E-state index < -0.39 is 11.4 Å². The van der Waals surface area contributed by atoms with Crippen LogP contribution in [-0.2, 0) is 11.4 Å². The molecule has 2 atom stereocenters. The number of benzene rings is 1. The molecule has 1 unspecified atom stereocenters. The van der Waals surface area contributed by atoms with E-state index in [0.29, 0.717) is 0 Å². The molecule has 0 aliphatic carbocycles. The van der Waals surface area contributed by atoms with Gasteiger partial charge in [-0.3, -0.25) is 0 Å². The predicted molar refractivity (Wildman–Crippen MR) is 93.9 cm³/mol. The van der Waals surface area contributed by atoms with Crippen LogP contribution in [0.2, 0.25) is 0 Å². The Morgan fingerprint density at radius 1 is 1.24 bits per heavy atom. The minimum atomic E-state index is -1.05. The number of hydrogen-bond acceptors (Lipinski definition) is 3. The van der Waals surface area contributed by atoms with Crippen molar-refractivity contribution >= 4 is 22.7 Å². The van der Waals surface area contributed by atoms with E-state index in [1.165, 1.54) is 21.6 Å². The Morgan fingerprint density at radius 2 is 1.90 bits per heavy atom.